The van der Waals surface area contributed by atoms with Crippen molar-refractivity contribution in [3.05, 3.63) is 93.0 Å². The van der Waals surface area contributed by atoms with Gasteiger partial charge in [-0.1, -0.05) is 0 Å². The number of methoxy groups -OCH3 is 1. The molecule has 15 atom stereocenters. The molecule has 0 bridgehead atoms. The Bertz CT molecular complexity index is 5520. The van der Waals surface area contributed by atoms with E-state index in [4.69, 9.17) is 19.8 Å². The molecule has 5 unspecified atom stereocenters. The summed E-state index contributed by atoms with van der Waals surface area (Å²) < 4.78 is 32.7. The number of hydrogen-bond acceptors (Lipinski definition) is 27. The molecule has 5 saturated carbocycles. The van der Waals surface area contributed by atoms with E-state index in [1.165, 1.54) is 13.4 Å². The third-order valence-electron chi connectivity index (χ3n) is 28.3. The van der Waals surface area contributed by atoms with Crippen LogP contribution in [-0.4, -0.2) is 312 Å². The molecule has 20 rings (SSSR count). The third kappa shape index (κ3) is 18.7. The first-order valence-electron chi connectivity index (χ1n) is 43.6. The highest BCUT2D eigenvalue weighted by molar-refractivity contribution is 7.90. The Morgan fingerprint density at radius 1 is 0.435 bits per heavy atom. The van der Waals surface area contributed by atoms with Gasteiger partial charge in [-0.25, -0.2) is 63.1 Å². The fourth-order valence-electron chi connectivity index (χ4n) is 21.8. The summed E-state index contributed by atoms with van der Waals surface area (Å²) in [5.74, 6) is 10.1. The molecule has 37 heteroatoms. The fourth-order valence-corrected chi connectivity index (χ4v) is 22.4. The van der Waals surface area contributed by atoms with Gasteiger partial charge in [0.1, 0.15) is 105 Å². The molecule has 15 heterocycles. The molecule has 0 spiro atoms. The number of nitriles is 1. The molecule has 4 amide bonds. The lowest BCUT2D eigenvalue weighted by molar-refractivity contribution is -0.141. The molecule has 6 N–H and O–H groups in total. The highest BCUT2D eigenvalue weighted by Gasteiger charge is 2.49. The van der Waals surface area contributed by atoms with Gasteiger partial charge in [0.25, 0.3) is 0 Å². The first-order chi connectivity index (χ1) is 59.8. The van der Waals surface area contributed by atoms with E-state index in [1.54, 1.807) is 36.5 Å². The normalized spacial score (nSPS) is 25.8. The second-order valence-electron chi connectivity index (χ2n) is 36.2. The van der Waals surface area contributed by atoms with Crippen molar-refractivity contribution in [2.45, 2.75) is 134 Å². The number of likely N-dealkylation sites (tertiary alicyclic amines) is 5. The lowest BCUT2D eigenvalue weighted by Crippen LogP contribution is -2.35. The maximum atomic E-state index is 12.3. The summed E-state index contributed by atoms with van der Waals surface area (Å²) in [6.07, 6.45) is 30.0. The van der Waals surface area contributed by atoms with Crippen molar-refractivity contribution in [1.82, 2.24) is 99.3 Å². The van der Waals surface area contributed by atoms with Gasteiger partial charge in [0.2, 0.25) is 17.7 Å². The summed E-state index contributed by atoms with van der Waals surface area (Å²) in [6.45, 7) is 12.1. The maximum Gasteiger partial charge on any atom is 0.410 e. The van der Waals surface area contributed by atoms with Gasteiger partial charge in [0, 0.05) is 187 Å². The standard InChI is InChI=1S/C18H22N6O.C18H25N5O3S.C18H25N5O2.C17H23N5O2.C16H21N5O2/c1-23(18-15-4-6-20-17(15)21-11-22-18)14-7-12-9-24(10-13(12)8-14)16(25)3-2-5-19;1-22(18-15-3-5-19-17(15)20-11-21-18)14-7-12-9-23(10-13(12)8-14)16(24)4-6-27(2,25)26;1-11(2)25-18(24)23-8-12-6-14(7-13(12)9-23)22(3)17-15-4-5-19-16(15)20-10-21-17;1-21(17-14-3-4-18-16(14)19-10-20-17)13-5-11-7-22(8-12(11)6-13)9-15(23)24-2;1-20(16-13-2-3-17-15(13)18-9-19-16)12-4-10-6-21(14(23)8-22)7-11(10)5-12/h4,6,11-14H,2-3,7-10H2,1H3,(H,20,21,22);3,5,11-14H,4,6-10H2,1-2H3,(H,19,20,21);4-5,10-14H,6-9H2,1-3H3,(H,19,20,21);3-4,10-13H,5-9H2,1-2H3,(H,18,19,20);2-3,9-12,22H,4-8H2,1H3,(H,17,18,19)/t3*12-,13+,14?;11-,12+,13?;10-,11+,12?. The zero-order valence-corrected chi connectivity index (χ0v) is 73.0. The van der Waals surface area contributed by atoms with Crippen LogP contribution in [0, 0.1) is 70.5 Å². The number of ether oxygens (including phenoxy) is 2. The summed E-state index contributed by atoms with van der Waals surface area (Å²) in [5, 5.41) is 22.9. The summed E-state index contributed by atoms with van der Waals surface area (Å²) in [5.41, 5.74) is 4.32. The topological polar surface area (TPSA) is 422 Å². The molecule has 0 radical (unpaired) electrons. The molecule has 10 aromatic rings. The quantitative estimate of drug-likeness (QED) is 0.0425. The van der Waals surface area contributed by atoms with Gasteiger partial charge in [-0.05, 0) is 168 Å². The van der Waals surface area contributed by atoms with Crippen LogP contribution < -0.4 is 24.5 Å². The van der Waals surface area contributed by atoms with Crippen molar-refractivity contribution in [3.8, 4) is 6.07 Å². The van der Waals surface area contributed by atoms with E-state index in [1.807, 2.05) is 89.9 Å². The van der Waals surface area contributed by atoms with Crippen LogP contribution in [0.15, 0.2) is 93.0 Å². The van der Waals surface area contributed by atoms with E-state index in [0.717, 1.165) is 214 Å². The van der Waals surface area contributed by atoms with Gasteiger partial charge >= 0.3 is 12.1 Å². The molecular formula is C87H116N26O10S. The second-order valence-corrected chi connectivity index (χ2v) is 38.4. The number of hydrogen-bond donors (Lipinski definition) is 6. The summed E-state index contributed by atoms with van der Waals surface area (Å²) in [7, 11) is 8.88. The Kier molecular flexibility index (Phi) is 25.8. The number of H-pyrrole nitrogens is 5. The molecule has 660 valence electrons. The molecule has 124 heavy (non-hydrogen) atoms. The van der Waals surface area contributed by atoms with Crippen LogP contribution in [0.2, 0.25) is 0 Å². The van der Waals surface area contributed by atoms with Gasteiger partial charge in [0.15, 0.2) is 0 Å². The lowest BCUT2D eigenvalue weighted by atomic mass is 10.0. The minimum Gasteiger partial charge on any atom is -0.468 e. The van der Waals surface area contributed by atoms with Crippen molar-refractivity contribution >= 4 is 124 Å². The Labute approximate surface area is 721 Å². The average Bonchev–Trinajstić information content (AvgIpc) is 1.64. The van der Waals surface area contributed by atoms with Crippen LogP contribution in [0.25, 0.3) is 55.2 Å². The highest BCUT2D eigenvalue weighted by atomic mass is 32.2. The summed E-state index contributed by atoms with van der Waals surface area (Å²) in [4.78, 5) is 140. The monoisotopic (exact) mass is 1720 g/mol. The first-order valence-corrected chi connectivity index (χ1v) is 45.7. The van der Waals surface area contributed by atoms with Crippen molar-refractivity contribution in [1.29, 1.82) is 5.26 Å². The third-order valence-corrected chi connectivity index (χ3v) is 29.2. The number of fused-ring (bicyclic) bond motifs is 10. The van der Waals surface area contributed by atoms with Crippen LogP contribution in [0.1, 0.15) is 97.3 Å². The lowest BCUT2D eigenvalue weighted by Gasteiger charge is -2.28. The average molecular weight is 1720 g/mol. The Balaban J connectivity index is 0.000000115. The van der Waals surface area contributed by atoms with Crippen LogP contribution in [-0.2, 0) is 38.5 Å². The number of rotatable bonds is 19. The molecule has 5 aliphatic carbocycles. The number of amides is 4. The number of carbonyl (C=O) groups excluding carboxylic acids is 5. The Hall–Kier alpha value is -11.4. The van der Waals surface area contributed by atoms with Crippen molar-refractivity contribution in [2.75, 3.05) is 157 Å². The number of aliphatic hydroxyl groups is 1. The van der Waals surface area contributed by atoms with Crippen LogP contribution >= 0.6 is 0 Å². The Morgan fingerprint density at radius 3 is 0.960 bits per heavy atom. The molecule has 10 fully saturated rings. The van der Waals surface area contributed by atoms with E-state index in [9.17, 15) is 32.4 Å². The molecule has 10 aromatic heterocycles. The van der Waals surface area contributed by atoms with Crippen LogP contribution in [0.4, 0.5) is 33.9 Å². The SMILES string of the molecule is CC(C)OC(=O)N1C[C@H]2CC(N(C)c3ncnc4[nH]ccc34)C[C@H]2C1.CN(c1ncnc2[nH]ccc12)C1C[C@@H]2CN(C(=O)CCC#N)C[C@@H]2C1.CN(c1ncnc2[nH]ccc12)C1C[C@@H]2CN(C(=O)CCS(C)(=O)=O)C[C@@H]2C1.CN(c1ncnc2[nH]ccc12)C1C[C@@H]2CN(C(=O)CO)C[C@@H]2C1.COC(=O)CN1C[C@H]2CC(N(C)c3ncnc4[nH]ccc34)C[C@H]2C1. The molecule has 5 aliphatic heterocycles. The highest BCUT2D eigenvalue weighted by Crippen LogP contribution is 2.47. The van der Waals surface area contributed by atoms with Crippen molar-refractivity contribution in [3.63, 3.8) is 0 Å². The van der Waals surface area contributed by atoms with Crippen molar-refractivity contribution < 1.29 is 47.0 Å². The molecule has 0 aromatic carbocycles. The van der Waals surface area contributed by atoms with E-state index in [2.05, 4.69) is 145 Å². The molecule has 5 saturated heterocycles. The molecule has 36 nitrogen and oxygen atoms in total. The van der Waals surface area contributed by atoms with Crippen LogP contribution in [0.3, 0.4) is 0 Å². The predicted octanol–water partition coefficient (Wildman–Crippen LogP) is 7.55. The number of nitrogens with zero attached hydrogens (tertiary/aromatic N) is 21. The maximum absolute atomic E-state index is 12.3. The van der Waals surface area contributed by atoms with E-state index in [-0.39, 0.29) is 54.7 Å². The smallest absolute Gasteiger partial charge is 0.410 e. The Morgan fingerprint density at radius 2 is 0.702 bits per heavy atom. The number of anilines is 5. The number of aromatic amines is 5. The van der Waals surface area contributed by atoms with E-state index < -0.39 is 9.84 Å². The molecule has 10 aliphatic rings. The second kappa shape index (κ2) is 37.2. The van der Waals surface area contributed by atoms with Crippen LogP contribution in [0.5, 0.6) is 0 Å². The first kappa shape index (κ1) is 86.1. The minimum absolute atomic E-state index is 0.0374. The number of aliphatic hydroxyl groups excluding tert-OH is 1. The van der Waals surface area contributed by atoms with Gasteiger partial charge in [-0.15, -0.1) is 0 Å². The number of sulfone groups is 1. The number of aromatic nitrogens is 15. The summed E-state index contributed by atoms with van der Waals surface area (Å²) in [6, 6.07) is 14.4. The molecular weight excluding hydrogens is 1600 g/mol. The predicted molar refractivity (Wildman–Crippen MR) is 469 cm³/mol. The van der Waals surface area contributed by atoms with Gasteiger partial charge < -0.3 is 83.6 Å². The number of nitrogens with one attached hydrogen (secondary N) is 5. The fraction of sp³-hybridized carbons (Fsp3) is 0.586. The minimum atomic E-state index is -3.10. The number of carbonyl (C=O) groups is 5. The van der Waals surface area contributed by atoms with E-state index >= 15 is 0 Å². The van der Waals surface area contributed by atoms with Crippen molar-refractivity contribution in [2.24, 2.45) is 59.2 Å². The van der Waals surface area contributed by atoms with E-state index in [0.29, 0.717) is 109 Å². The summed E-state index contributed by atoms with van der Waals surface area (Å²) >= 11 is 0. The zero-order valence-electron chi connectivity index (χ0n) is 72.2. The van der Waals surface area contributed by atoms with Gasteiger partial charge in [-0.3, -0.25) is 24.1 Å². The largest absolute Gasteiger partial charge is 0.468 e. The number of esters is 1. The van der Waals surface area contributed by atoms with Gasteiger partial charge in [-0.2, -0.15) is 5.26 Å². The zero-order chi connectivity index (χ0) is 86.8. The van der Waals surface area contributed by atoms with Gasteiger partial charge in [0.05, 0.1) is 58.5 Å².